The number of hydrogen-bond donors (Lipinski definition) is 0. The SMILES string of the molecule is CC1=Cc2c(C(C)C)cc(C(C)C)cc2[CH]1[Zr]([CH3])([CH3])([SiH3])[CH]1C(C)=Cc2c(C(C)C)cc(C(C)C)cc21.Cl.Cl. The van der Waals surface area contributed by atoms with Gasteiger partial charge in [-0.1, -0.05) is 0 Å². The van der Waals surface area contributed by atoms with E-state index in [1.807, 2.05) is 0 Å². The molecule has 2 atom stereocenters. The Hall–Kier alpha value is -0.400. The van der Waals surface area contributed by atoms with Crippen molar-refractivity contribution in [1.82, 2.24) is 0 Å². The van der Waals surface area contributed by atoms with Gasteiger partial charge in [0.25, 0.3) is 0 Å². The molecule has 2 aromatic rings. The van der Waals surface area contributed by atoms with Gasteiger partial charge in [-0.15, -0.1) is 24.8 Å². The Morgan fingerprint density at radius 1 is 0.579 bits per heavy atom. The monoisotopic (exact) mass is 649 g/mol. The van der Waals surface area contributed by atoms with Crippen LogP contribution in [0.15, 0.2) is 35.4 Å². The first-order valence-corrected chi connectivity index (χ1v) is 30.6. The maximum absolute atomic E-state index is 3.37. The Morgan fingerprint density at radius 3 is 1.16 bits per heavy atom. The van der Waals surface area contributed by atoms with Gasteiger partial charge in [0.15, 0.2) is 0 Å². The Bertz CT molecular complexity index is 1180. The van der Waals surface area contributed by atoms with Crippen molar-refractivity contribution in [3.63, 3.8) is 0 Å². The summed E-state index contributed by atoms with van der Waals surface area (Å²) >= 11 is -3.37. The molecule has 0 fully saturated rings. The number of allylic oxidation sites excluding steroid dienone is 2. The van der Waals surface area contributed by atoms with Gasteiger partial charge in [-0.3, -0.25) is 0 Å². The Labute approximate surface area is 249 Å². The van der Waals surface area contributed by atoms with E-state index in [0.717, 1.165) is 0 Å². The van der Waals surface area contributed by atoms with Crippen molar-refractivity contribution in [2.75, 3.05) is 0 Å². The van der Waals surface area contributed by atoms with E-state index >= 15 is 0 Å². The van der Waals surface area contributed by atoms with Gasteiger partial charge in [0.1, 0.15) is 0 Å². The first-order valence-electron chi connectivity index (χ1n) is 14.5. The second-order valence-corrected chi connectivity index (χ2v) is 53.1. The Balaban J connectivity index is 0.00000253. The van der Waals surface area contributed by atoms with Crippen LogP contribution in [-0.2, 0) is 17.9 Å². The minimum absolute atomic E-state index is 0. The summed E-state index contributed by atoms with van der Waals surface area (Å²) in [6.07, 6.45) is 5.19. The third kappa shape index (κ3) is 5.55. The molecule has 0 saturated heterocycles. The smallest absolute Gasteiger partial charge is 0.147 e. The predicted molar refractivity (Wildman–Crippen MR) is 178 cm³/mol. The predicted octanol–water partition coefficient (Wildman–Crippen LogP) is 10.7. The third-order valence-corrected chi connectivity index (χ3v) is 30.2. The molecule has 211 valence electrons. The van der Waals surface area contributed by atoms with Gasteiger partial charge in [0.2, 0.25) is 0 Å². The van der Waals surface area contributed by atoms with Crippen molar-refractivity contribution in [3.05, 3.63) is 79.9 Å². The molecule has 4 heteroatoms. The van der Waals surface area contributed by atoms with Crippen molar-refractivity contribution in [2.45, 2.75) is 109 Å². The van der Waals surface area contributed by atoms with Crippen molar-refractivity contribution < 1.29 is 17.9 Å². The number of rotatable bonds is 6. The zero-order chi connectivity index (χ0) is 26.9. The summed E-state index contributed by atoms with van der Waals surface area (Å²) in [6.45, 7) is 23.9. The molecule has 2 aliphatic carbocycles. The van der Waals surface area contributed by atoms with E-state index in [4.69, 9.17) is 0 Å². The van der Waals surface area contributed by atoms with Crippen LogP contribution in [0.1, 0.15) is 145 Å². The number of fused-ring (bicyclic) bond motifs is 2. The van der Waals surface area contributed by atoms with Crippen LogP contribution in [0.4, 0.5) is 0 Å². The van der Waals surface area contributed by atoms with E-state index < -0.39 is 17.9 Å². The second kappa shape index (κ2) is 11.5. The Kier molecular flexibility index (Phi) is 10.2. The molecular weight excluding hydrogens is 599 g/mol. The van der Waals surface area contributed by atoms with Crippen LogP contribution in [0.25, 0.3) is 12.2 Å². The molecule has 0 saturated carbocycles. The van der Waals surface area contributed by atoms with E-state index in [1.54, 1.807) is 44.5 Å². The molecule has 2 aromatic carbocycles. The summed E-state index contributed by atoms with van der Waals surface area (Å²) in [4.78, 5) is 0. The van der Waals surface area contributed by atoms with Crippen LogP contribution >= 0.6 is 24.8 Å². The van der Waals surface area contributed by atoms with Gasteiger partial charge >= 0.3 is 227 Å². The summed E-state index contributed by atoms with van der Waals surface area (Å²) in [5.41, 5.74) is 16.0. The van der Waals surface area contributed by atoms with Crippen LogP contribution in [0.5, 0.6) is 0 Å². The van der Waals surface area contributed by atoms with Crippen molar-refractivity contribution >= 4 is 44.3 Å². The molecule has 0 amide bonds. The van der Waals surface area contributed by atoms with E-state index in [-0.39, 0.29) is 24.8 Å². The topological polar surface area (TPSA) is 0 Å². The van der Waals surface area contributed by atoms with Crippen LogP contribution in [-0.4, -0.2) is 7.37 Å². The zero-order valence-electron chi connectivity index (χ0n) is 26.2. The molecular formula is C34H53Cl2SiZr. The van der Waals surface area contributed by atoms with E-state index in [9.17, 15) is 0 Å². The molecule has 0 bridgehead atoms. The molecule has 0 aliphatic heterocycles. The van der Waals surface area contributed by atoms with Crippen LogP contribution < -0.4 is 0 Å². The fourth-order valence-corrected chi connectivity index (χ4v) is 32.8. The molecule has 0 N–H and O–H groups in total. The van der Waals surface area contributed by atoms with Gasteiger partial charge in [-0.05, 0) is 0 Å². The number of hydrogen-bond acceptors (Lipinski definition) is 0. The van der Waals surface area contributed by atoms with Crippen molar-refractivity contribution in [1.29, 1.82) is 0 Å². The van der Waals surface area contributed by atoms with Crippen LogP contribution in [0.3, 0.4) is 0 Å². The molecule has 0 aromatic heterocycles. The van der Waals surface area contributed by atoms with Gasteiger partial charge in [0, 0.05) is 0 Å². The molecule has 0 radical (unpaired) electrons. The van der Waals surface area contributed by atoms with Gasteiger partial charge in [-0.25, -0.2) is 0 Å². The normalized spacial score (nSPS) is 19.6. The average molecular weight is 652 g/mol. The molecule has 0 heterocycles. The largest absolute Gasteiger partial charge is 0.147 e. The fraction of sp³-hybridized carbons (Fsp3) is 0.529. The summed E-state index contributed by atoms with van der Waals surface area (Å²) < 4.78 is 6.95. The summed E-state index contributed by atoms with van der Waals surface area (Å²) in [7, 11) is 1.31. The van der Waals surface area contributed by atoms with E-state index in [0.29, 0.717) is 30.9 Å². The van der Waals surface area contributed by atoms with E-state index in [2.05, 4.69) is 115 Å². The molecule has 38 heavy (non-hydrogen) atoms. The quantitative estimate of drug-likeness (QED) is 0.273. The maximum atomic E-state index is 2.83. The minimum atomic E-state index is -3.37. The summed E-state index contributed by atoms with van der Waals surface area (Å²) in [5.74, 6) is 2.24. The molecule has 2 aliphatic rings. The molecule has 2 unspecified atom stereocenters. The summed E-state index contributed by atoms with van der Waals surface area (Å²) in [5, 5.41) is 0. The average Bonchev–Trinajstić information content (AvgIpc) is 3.27. The minimum Gasteiger partial charge on any atom is -0.147 e. The standard InChI is InChI=1S/2C16H21.2CH3.2ClH.H3Si.Zr/c2*1-10(2)13-8-14-6-12(5)7-16(14)15(9-13)11(3)4;;;;;;/h2*6-11H,1-5H3;2*1H3;2*1H;1H3;. The number of benzene rings is 2. The molecule has 0 nitrogen and oxygen atoms in total. The first kappa shape index (κ1) is 33.8. The van der Waals surface area contributed by atoms with Crippen LogP contribution in [0.2, 0.25) is 9.26 Å². The van der Waals surface area contributed by atoms with Crippen molar-refractivity contribution in [2.24, 2.45) is 0 Å². The zero-order valence-corrected chi connectivity index (χ0v) is 32.3. The Morgan fingerprint density at radius 2 is 0.895 bits per heavy atom. The van der Waals surface area contributed by atoms with E-state index in [1.165, 1.54) is 18.5 Å². The van der Waals surface area contributed by atoms with Gasteiger partial charge in [0.05, 0.1) is 0 Å². The summed E-state index contributed by atoms with van der Waals surface area (Å²) in [6, 6.07) is 10.3. The van der Waals surface area contributed by atoms with Crippen molar-refractivity contribution in [3.8, 4) is 0 Å². The second-order valence-electron chi connectivity index (χ2n) is 14.9. The maximum Gasteiger partial charge on any atom is -0.147 e. The number of halogens is 2. The van der Waals surface area contributed by atoms with Gasteiger partial charge in [-0.2, -0.15) is 0 Å². The third-order valence-electron chi connectivity index (χ3n) is 9.45. The fourth-order valence-electron chi connectivity index (χ4n) is 7.90. The molecule has 4 rings (SSSR count). The first-order chi connectivity index (χ1) is 16.5. The van der Waals surface area contributed by atoms with Gasteiger partial charge < -0.3 is 0 Å². The van der Waals surface area contributed by atoms with Crippen LogP contribution in [0, 0.1) is 0 Å². The molecule has 0 spiro atoms.